The Balaban J connectivity index is 2.35. The predicted molar refractivity (Wildman–Crippen MR) is 58.8 cm³/mol. The highest BCUT2D eigenvalue weighted by atomic mass is 35.5. The van der Waals surface area contributed by atoms with Gasteiger partial charge in [-0.05, 0) is 17.7 Å². The third-order valence-corrected chi connectivity index (χ3v) is 2.13. The summed E-state index contributed by atoms with van der Waals surface area (Å²) < 4.78 is 0. The van der Waals surface area contributed by atoms with E-state index in [1.165, 1.54) is 0 Å². The average molecular weight is 229 g/mol. The van der Waals surface area contributed by atoms with E-state index in [9.17, 15) is 4.79 Å². The molecule has 0 heterocycles. The molecule has 0 spiro atoms. The van der Waals surface area contributed by atoms with Gasteiger partial charge >= 0.3 is 5.97 Å². The molecule has 0 radical (unpaired) electrons. The number of nitrogens with one attached hydrogen (secondary N) is 1. The molecular weight excluding hydrogens is 216 g/mol. The quantitative estimate of drug-likeness (QED) is 0.698. The minimum Gasteiger partial charge on any atom is -0.480 e. The highest BCUT2D eigenvalue weighted by Gasteiger charge is 2.09. The first-order chi connectivity index (χ1) is 7.09. The van der Waals surface area contributed by atoms with Gasteiger partial charge in [0.05, 0.1) is 0 Å². The van der Waals surface area contributed by atoms with Gasteiger partial charge in [-0.3, -0.25) is 4.79 Å². The molecule has 5 heteroatoms. The van der Waals surface area contributed by atoms with E-state index < -0.39 is 12.0 Å². The molecule has 0 saturated heterocycles. The number of aliphatic carboxylic acids is 1. The lowest BCUT2D eigenvalue weighted by Gasteiger charge is -2.08. The van der Waals surface area contributed by atoms with Crippen LogP contribution in [0, 0.1) is 0 Å². The Bertz CT molecular complexity index is 344. The molecule has 0 aliphatic heterocycles. The monoisotopic (exact) mass is 228 g/mol. The lowest BCUT2D eigenvalue weighted by molar-refractivity contribution is -0.138. The van der Waals surface area contributed by atoms with Gasteiger partial charge in [-0.2, -0.15) is 0 Å². The van der Waals surface area contributed by atoms with Crippen LogP contribution in [0.4, 0.5) is 0 Å². The molecule has 0 fully saturated rings. The number of carbonyl (C=O) groups is 1. The molecule has 1 rings (SSSR count). The van der Waals surface area contributed by atoms with Crippen molar-refractivity contribution in [2.45, 2.75) is 12.6 Å². The molecule has 1 aromatic carbocycles. The van der Waals surface area contributed by atoms with Crippen LogP contribution in [-0.4, -0.2) is 23.7 Å². The van der Waals surface area contributed by atoms with Gasteiger partial charge in [0.25, 0.3) is 0 Å². The predicted octanol–water partition coefficient (Wildman–Crippen LogP) is 0.841. The van der Waals surface area contributed by atoms with Gasteiger partial charge in [-0.1, -0.05) is 23.7 Å². The minimum absolute atomic E-state index is 0.238. The Morgan fingerprint density at radius 3 is 2.93 bits per heavy atom. The van der Waals surface area contributed by atoms with E-state index in [1.807, 2.05) is 18.2 Å². The summed E-state index contributed by atoms with van der Waals surface area (Å²) in [6.45, 7) is 0.795. The van der Waals surface area contributed by atoms with E-state index in [-0.39, 0.29) is 6.54 Å². The van der Waals surface area contributed by atoms with E-state index in [2.05, 4.69) is 5.32 Å². The van der Waals surface area contributed by atoms with Crippen LogP contribution in [0.2, 0.25) is 5.02 Å². The number of nitrogens with two attached hydrogens (primary N) is 1. The number of rotatable bonds is 5. The molecule has 1 unspecified atom stereocenters. The molecule has 1 aromatic rings. The lowest BCUT2D eigenvalue weighted by Crippen LogP contribution is -2.40. The van der Waals surface area contributed by atoms with Gasteiger partial charge in [0, 0.05) is 18.1 Å². The minimum atomic E-state index is -1.01. The Morgan fingerprint density at radius 2 is 2.33 bits per heavy atom. The average Bonchev–Trinajstić information content (AvgIpc) is 2.17. The lowest BCUT2D eigenvalue weighted by atomic mass is 10.2. The van der Waals surface area contributed by atoms with E-state index in [4.69, 9.17) is 22.4 Å². The van der Waals surface area contributed by atoms with Gasteiger partial charge in [-0.15, -0.1) is 0 Å². The molecule has 0 aliphatic carbocycles. The van der Waals surface area contributed by atoms with Crippen LogP contribution in [0.15, 0.2) is 24.3 Å². The Kier molecular flexibility index (Phi) is 4.55. The van der Waals surface area contributed by atoms with Crippen LogP contribution < -0.4 is 11.1 Å². The number of benzene rings is 1. The van der Waals surface area contributed by atoms with Gasteiger partial charge < -0.3 is 16.2 Å². The fourth-order valence-corrected chi connectivity index (χ4v) is 1.32. The molecule has 1 atom stereocenters. The van der Waals surface area contributed by atoms with Crippen molar-refractivity contribution in [3.63, 3.8) is 0 Å². The van der Waals surface area contributed by atoms with E-state index in [1.54, 1.807) is 6.07 Å². The fraction of sp³-hybridized carbons (Fsp3) is 0.300. The highest BCUT2D eigenvalue weighted by molar-refractivity contribution is 6.30. The molecule has 0 saturated carbocycles. The van der Waals surface area contributed by atoms with Crippen LogP contribution in [0.5, 0.6) is 0 Å². The first kappa shape index (κ1) is 12.0. The van der Waals surface area contributed by atoms with Gasteiger partial charge in [-0.25, -0.2) is 0 Å². The summed E-state index contributed by atoms with van der Waals surface area (Å²) in [4.78, 5) is 10.4. The summed E-state index contributed by atoms with van der Waals surface area (Å²) in [5.41, 5.74) is 6.32. The topological polar surface area (TPSA) is 75.3 Å². The summed E-state index contributed by atoms with van der Waals surface area (Å²) in [6.07, 6.45) is 0. The Labute approximate surface area is 93.0 Å². The Hall–Kier alpha value is -1.10. The zero-order valence-electron chi connectivity index (χ0n) is 8.11. The fourth-order valence-electron chi connectivity index (χ4n) is 1.11. The molecule has 82 valence electrons. The maximum Gasteiger partial charge on any atom is 0.321 e. The zero-order valence-corrected chi connectivity index (χ0v) is 8.87. The molecular formula is C10H13ClN2O2. The standard InChI is InChI=1S/C10H13ClN2O2/c11-8-3-1-2-7(4-8)5-13-6-9(12)10(14)15/h1-4,9,13H,5-6,12H2,(H,14,15). The van der Waals surface area contributed by atoms with Gasteiger partial charge in [0.1, 0.15) is 6.04 Å². The van der Waals surface area contributed by atoms with Crippen LogP contribution in [0.3, 0.4) is 0 Å². The number of carboxylic acid groups (broad SMARTS) is 1. The SMILES string of the molecule is NC(CNCc1cccc(Cl)c1)C(=O)O. The van der Waals surface area contributed by atoms with Gasteiger partial charge in [0.2, 0.25) is 0 Å². The van der Waals surface area contributed by atoms with E-state index >= 15 is 0 Å². The number of halogens is 1. The second kappa shape index (κ2) is 5.70. The van der Waals surface area contributed by atoms with Crippen LogP contribution in [0.1, 0.15) is 5.56 Å². The van der Waals surface area contributed by atoms with Crippen molar-refractivity contribution < 1.29 is 9.90 Å². The highest BCUT2D eigenvalue weighted by Crippen LogP contribution is 2.09. The number of hydrogen-bond donors (Lipinski definition) is 3. The smallest absolute Gasteiger partial charge is 0.321 e. The zero-order chi connectivity index (χ0) is 11.3. The molecule has 0 aromatic heterocycles. The molecule has 0 bridgehead atoms. The second-order valence-corrected chi connectivity index (χ2v) is 3.64. The first-order valence-electron chi connectivity index (χ1n) is 4.53. The molecule has 0 aliphatic rings. The van der Waals surface area contributed by atoms with Crippen molar-refractivity contribution in [1.82, 2.24) is 5.32 Å². The molecule has 0 amide bonds. The van der Waals surface area contributed by atoms with Crippen LogP contribution in [-0.2, 0) is 11.3 Å². The number of carboxylic acids is 1. The maximum absolute atomic E-state index is 10.4. The molecule has 15 heavy (non-hydrogen) atoms. The number of hydrogen-bond acceptors (Lipinski definition) is 3. The summed E-state index contributed by atoms with van der Waals surface area (Å²) in [6, 6.07) is 6.49. The summed E-state index contributed by atoms with van der Waals surface area (Å²) in [5.74, 6) is -1.01. The largest absolute Gasteiger partial charge is 0.480 e. The van der Waals surface area contributed by atoms with Crippen LogP contribution >= 0.6 is 11.6 Å². The van der Waals surface area contributed by atoms with Crippen molar-refractivity contribution in [2.75, 3.05) is 6.54 Å². The van der Waals surface area contributed by atoms with Crippen molar-refractivity contribution in [2.24, 2.45) is 5.73 Å². The summed E-state index contributed by atoms with van der Waals surface area (Å²) in [5, 5.41) is 12.1. The maximum atomic E-state index is 10.4. The third kappa shape index (κ3) is 4.29. The van der Waals surface area contributed by atoms with E-state index in [0.29, 0.717) is 11.6 Å². The first-order valence-corrected chi connectivity index (χ1v) is 4.91. The van der Waals surface area contributed by atoms with E-state index in [0.717, 1.165) is 5.56 Å². The normalized spacial score (nSPS) is 12.4. The molecule has 4 nitrogen and oxygen atoms in total. The van der Waals surface area contributed by atoms with Crippen molar-refractivity contribution in [3.8, 4) is 0 Å². The summed E-state index contributed by atoms with van der Waals surface area (Å²) in [7, 11) is 0. The third-order valence-electron chi connectivity index (χ3n) is 1.90. The molecule has 4 N–H and O–H groups in total. The van der Waals surface area contributed by atoms with Crippen LogP contribution in [0.25, 0.3) is 0 Å². The van der Waals surface area contributed by atoms with Gasteiger partial charge in [0.15, 0.2) is 0 Å². The second-order valence-electron chi connectivity index (χ2n) is 3.21. The Morgan fingerprint density at radius 1 is 1.60 bits per heavy atom. The summed E-state index contributed by atoms with van der Waals surface area (Å²) >= 11 is 5.79. The van der Waals surface area contributed by atoms with Crippen molar-refractivity contribution in [3.05, 3.63) is 34.9 Å². The van der Waals surface area contributed by atoms with Crippen molar-refractivity contribution in [1.29, 1.82) is 0 Å². The van der Waals surface area contributed by atoms with Crippen molar-refractivity contribution >= 4 is 17.6 Å².